The molecule has 1 heterocycles. The largest absolute Gasteiger partial charge is 0.477 e. The smallest absolute Gasteiger partial charge is 0.354 e. The Bertz CT molecular complexity index is 382. The molecule has 1 aromatic heterocycles. The average molecular weight is 222 g/mol. The van der Waals surface area contributed by atoms with E-state index in [1.54, 1.807) is 0 Å². The van der Waals surface area contributed by atoms with Crippen molar-refractivity contribution in [2.75, 3.05) is 0 Å². The van der Waals surface area contributed by atoms with Crippen LogP contribution < -0.4 is 0 Å². The summed E-state index contributed by atoms with van der Waals surface area (Å²) in [5.74, 6) is -1.37. The van der Waals surface area contributed by atoms with E-state index in [4.69, 9.17) is 16.7 Å². The van der Waals surface area contributed by atoms with Gasteiger partial charge in [0.05, 0.1) is 0 Å². The summed E-state index contributed by atoms with van der Waals surface area (Å²) < 4.78 is 24.4. The van der Waals surface area contributed by atoms with E-state index in [0.717, 1.165) is 6.07 Å². The molecule has 3 nitrogen and oxygen atoms in total. The summed E-state index contributed by atoms with van der Waals surface area (Å²) in [5, 5.41) is 8.61. The zero-order chi connectivity index (χ0) is 10.9. The second kappa shape index (κ2) is 3.88. The van der Waals surface area contributed by atoms with E-state index in [0.29, 0.717) is 0 Å². The molecule has 1 rings (SSSR count). The number of halogens is 3. The molecule has 0 aliphatic rings. The molecule has 0 unspecified atom stereocenters. The highest BCUT2D eigenvalue weighted by Gasteiger charge is 2.18. The summed E-state index contributed by atoms with van der Waals surface area (Å²) in [6, 6.07) is 0.966. The average Bonchev–Trinajstić information content (AvgIpc) is 2.08. The monoisotopic (exact) mass is 221 g/mol. The fraction of sp³-hybridized carbons (Fsp3) is 0.250. The summed E-state index contributed by atoms with van der Waals surface area (Å²) >= 11 is 5.57. The Labute approximate surface area is 83.3 Å². The van der Waals surface area contributed by atoms with Gasteiger partial charge in [0.1, 0.15) is 5.69 Å². The standard InChI is InChI=1S/C8H6ClF2NO2/c1-3-4(9)2-5(7(10)11)12-6(3)8(13)14/h2,7H,1H3,(H,13,14). The van der Waals surface area contributed by atoms with Gasteiger partial charge in [-0.2, -0.15) is 0 Å². The zero-order valence-electron chi connectivity index (χ0n) is 7.09. The number of carbonyl (C=O) groups is 1. The first kappa shape index (κ1) is 10.8. The number of hydrogen-bond donors (Lipinski definition) is 1. The Hall–Kier alpha value is -1.23. The van der Waals surface area contributed by atoms with Crippen molar-refractivity contribution in [1.82, 2.24) is 4.98 Å². The molecule has 0 atom stereocenters. The molecule has 0 radical (unpaired) electrons. The van der Waals surface area contributed by atoms with Crippen molar-refractivity contribution in [1.29, 1.82) is 0 Å². The summed E-state index contributed by atoms with van der Waals surface area (Å²) in [7, 11) is 0. The van der Waals surface area contributed by atoms with Gasteiger partial charge in [0.2, 0.25) is 0 Å². The van der Waals surface area contributed by atoms with Gasteiger partial charge >= 0.3 is 5.97 Å². The van der Waals surface area contributed by atoms with Gasteiger partial charge < -0.3 is 5.11 Å². The zero-order valence-corrected chi connectivity index (χ0v) is 7.85. The predicted octanol–water partition coefficient (Wildman–Crippen LogP) is 2.68. The highest BCUT2D eigenvalue weighted by Crippen LogP contribution is 2.24. The van der Waals surface area contributed by atoms with Gasteiger partial charge in [0, 0.05) is 10.6 Å². The molecular weight excluding hydrogens is 216 g/mol. The van der Waals surface area contributed by atoms with Gasteiger partial charge in [0.15, 0.2) is 5.69 Å². The lowest BCUT2D eigenvalue weighted by Crippen LogP contribution is -2.06. The lowest BCUT2D eigenvalue weighted by atomic mass is 10.2. The number of aromatic carboxylic acids is 1. The quantitative estimate of drug-likeness (QED) is 0.835. The van der Waals surface area contributed by atoms with Crippen LogP contribution in [0.15, 0.2) is 6.07 Å². The number of carboxylic acids is 1. The minimum atomic E-state index is -2.83. The number of rotatable bonds is 2. The molecule has 1 aromatic rings. The number of nitrogens with zero attached hydrogens (tertiary/aromatic N) is 1. The van der Waals surface area contributed by atoms with Crippen LogP contribution in [0.3, 0.4) is 0 Å². The molecule has 0 aliphatic carbocycles. The van der Waals surface area contributed by atoms with Crippen LogP contribution in [0.25, 0.3) is 0 Å². The first-order valence-corrected chi connectivity index (χ1v) is 3.99. The Morgan fingerprint density at radius 2 is 2.21 bits per heavy atom. The van der Waals surface area contributed by atoms with Gasteiger partial charge in [-0.05, 0) is 13.0 Å². The Balaban J connectivity index is 3.35. The van der Waals surface area contributed by atoms with Crippen LogP contribution in [0.1, 0.15) is 28.2 Å². The lowest BCUT2D eigenvalue weighted by molar-refractivity contribution is 0.0688. The molecular formula is C8H6ClF2NO2. The van der Waals surface area contributed by atoms with E-state index in [-0.39, 0.29) is 10.6 Å². The SMILES string of the molecule is Cc1c(Cl)cc(C(F)F)nc1C(=O)O. The first-order chi connectivity index (χ1) is 6.43. The molecule has 6 heteroatoms. The number of pyridine rings is 1. The fourth-order valence-electron chi connectivity index (χ4n) is 0.916. The van der Waals surface area contributed by atoms with E-state index in [1.165, 1.54) is 6.92 Å². The lowest BCUT2D eigenvalue weighted by Gasteiger charge is -2.05. The summed E-state index contributed by atoms with van der Waals surface area (Å²) in [4.78, 5) is 13.9. The molecule has 0 aliphatic heterocycles. The third-order valence-electron chi connectivity index (χ3n) is 1.66. The van der Waals surface area contributed by atoms with E-state index in [2.05, 4.69) is 4.98 Å². The number of carboxylic acid groups (broad SMARTS) is 1. The van der Waals surface area contributed by atoms with Crippen molar-refractivity contribution in [3.05, 3.63) is 28.0 Å². The predicted molar refractivity (Wildman–Crippen MR) is 45.9 cm³/mol. The number of aromatic nitrogens is 1. The van der Waals surface area contributed by atoms with Crippen molar-refractivity contribution >= 4 is 17.6 Å². The topological polar surface area (TPSA) is 50.2 Å². The van der Waals surface area contributed by atoms with Gasteiger partial charge in [-0.1, -0.05) is 11.6 Å². The van der Waals surface area contributed by atoms with Crippen LogP contribution in [0, 0.1) is 6.92 Å². The third kappa shape index (κ3) is 1.98. The van der Waals surface area contributed by atoms with Crippen LogP contribution in [0.5, 0.6) is 0 Å². The van der Waals surface area contributed by atoms with Crippen LogP contribution in [-0.2, 0) is 0 Å². The Morgan fingerprint density at radius 3 is 2.64 bits per heavy atom. The molecule has 0 saturated heterocycles. The van der Waals surface area contributed by atoms with Gasteiger partial charge in [0.25, 0.3) is 6.43 Å². The molecule has 0 amide bonds. The van der Waals surface area contributed by atoms with Crippen LogP contribution in [0.2, 0.25) is 5.02 Å². The maximum Gasteiger partial charge on any atom is 0.354 e. The van der Waals surface area contributed by atoms with E-state index in [9.17, 15) is 13.6 Å². The summed E-state index contributed by atoms with van der Waals surface area (Å²) in [6.07, 6.45) is -2.83. The van der Waals surface area contributed by atoms with Crippen molar-refractivity contribution in [2.45, 2.75) is 13.3 Å². The van der Waals surface area contributed by atoms with Gasteiger partial charge in [-0.15, -0.1) is 0 Å². The number of hydrogen-bond acceptors (Lipinski definition) is 2. The Morgan fingerprint density at radius 1 is 1.64 bits per heavy atom. The van der Waals surface area contributed by atoms with Gasteiger partial charge in [-0.3, -0.25) is 0 Å². The van der Waals surface area contributed by atoms with Gasteiger partial charge in [-0.25, -0.2) is 18.6 Å². The molecule has 0 aromatic carbocycles. The molecule has 1 N–H and O–H groups in total. The number of alkyl halides is 2. The molecule has 76 valence electrons. The van der Waals surface area contributed by atoms with Crippen molar-refractivity contribution < 1.29 is 18.7 Å². The normalized spacial score (nSPS) is 10.6. The third-order valence-corrected chi connectivity index (χ3v) is 2.05. The summed E-state index contributed by atoms with van der Waals surface area (Å²) in [5.41, 5.74) is -0.880. The van der Waals surface area contributed by atoms with E-state index >= 15 is 0 Å². The first-order valence-electron chi connectivity index (χ1n) is 3.62. The highest BCUT2D eigenvalue weighted by molar-refractivity contribution is 6.31. The molecule has 14 heavy (non-hydrogen) atoms. The molecule has 0 saturated carbocycles. The van der Waals surface area contributed by atoms with E-state index < -0.39 is 23.8 Å². The summed E-state index contributed by atoms with van der Waals surface area (Å²) in [6.45, 7) is 1.41. The fourth-order valence-corrected chi connectivity index (χ4v) is 1.12. The second-order valence-corrected chi connectivity index (χ2v) is 3.02. The van der Waals surface area contributed by atoms with Crippen molar-refractivity contribution in [3.8, 4) is 0 Å². The molecule has 0 spiro atoms. The minimum Gasteiger partial charge on any atom is -0.477 e. The maximum atomic E-state index is 12.2. The van der Waals surface area contributed by atoms with E-state index in [1.807, 2.05) is 0 Å². The molecule has 0 fully saturated rings. The maximum absolute atomic E-state index is 12.2. The van der Waals surface area contributed by atoms with Crippen LogP contribution >= 0.6 is 11.6 Å². The highest BCUT2D eigenvalue weighted by atomic mass is 35.5. The van der Waals surface area contributed by atoms with Crippen molar-refractivity contribution in [3.63, 3.8) is 0 Å². The second-order valence-electron chi connectivity index (χ2n) is 2.61. The van der Waals surface area contributed by atoms with Crippen molar-refractivity contribution in [2.24, 2.45) is 0 Å². The Kier molecular flexibility index (Phi) is 3.00. The van der Waals surface area contributed by atoms with Crippen LogP contribution in [0.4, 0.5) is 8.78 Å². The van der Waals surface area contributed by atoms with Crippen LogP contribution in [-0.4, -0.2) is 16.1 Å². The molecule has 0 bridgehead atoms. The minimum absolute atomic E-state index is 0.0206.